The average molecular weight is 325 g/mol. The fourth-order valence-corrected chi connectivity index (χ4v) is 2.50. The lowest BCUT2D eigenvalue weighted by Crippen LogP contribution is -2.17. The van der Waals surface area contributed by atoms with Gasteiger partial charge in [0.1, 0.15) is 12.4 Å². The number of hydrogen-bond donors (Lipinski definition) is 1. The molecule has 0 unspecified atom stereocenters. The van der Waals surface area contributed by atoms with Gasteiger partial charge >= 0.3 is 6.18 Å². The molecular weight excluding hydrogens is 315 g/mol. The molecule has 9 heteroatoms. The fraction of sp³-hybridized carbons (Fsp3) is 0.154. The predicted octanol–water partition coefficient (Wildman–Crippen LogP) is 3.71. The normalized spacial score (nSPS) is 11.6. The van der Waals surface area contributed by atoms with E-state index in [1.165, 1.54) is 23.7 Å². The summed E-state index contributed by atoms with van der Waals surface area (Å²) in [6.07, 6.45) is 0.0491. The molecule has 0 radical (unpaired) electrons. The van der Waals surface area contributed by atoms with E-state index in [0.29, 0.717) is 22.2 Å². The minimum absolute atomic E-state index is 0.537. The molecule has 0 amide bonds. The van der Waals surface area contributed by atoms with Crippen LogP contribution in [-0.4, -0.2) is 25.9 Å². The van der Waals surface area contributed by atoms with Gasteiger partial charge in [0, 0.05) is 23.3 Å². The van der Waals surface area contributed by atoms with E-state index >= 15 is 0 Å². The first-order valence-corrected chi connectivity index (χ1v) is 7.11. The van der Waals surface area contributed by atoms with Gasteiger partial charge in [-0.15, -0.1) is 11.3 Å². The SMILES string of the molecule is FC(F)(F)Cn1cc(-c2csc(Nc3ccccn3)n2)cn1. The smallest absolute Gasteiger partial charge is 0.316 e. The van der Waals surface area contributed by atoms with Gasteiger partial charge in [0.05, 0.1) is 11.9 Å². The van der Waals surface area contributed by atoms with Crippen LogP contribution in [0.1, 0.15) is 0 Å². The van der Waals surface area contributed by atoms with Crippen molar-refractivity contribution in [2.75, 3.05) is 5.32 Å². The third-order valence-corrected chi connectivity index (χ3v) is 3.43. The van der Waals surface area contributed by atoms with Crippen LogP contribution in [0.2, 0.25) is 0 Å². The van der Waals surface area contributed by atoms with E-state index in [0.717, 1.165) is 4.68 Å². The third kappa shape index (κ3) is 3.61. The Balaban J connectivity index is 1.74. The number of nitrogens with one attached hydrogen (secondary N) is 1. The summed E-state index contributed by atoms with van der Waals surface area (Å²) in [4.78, 5) is 8.43. The number of nitrogens with zero attached hydrogens (tertiary/aromatic N) is 4. The van der Waals surface area contributed by atoms with Gasteiger partial charge in [-0.05, 0) is 12.1 Å². The molecule has 3 heterocycles. The molecule has 3 aromatic rings. The molecule has 0 atom stereocenters. The summed E-state index contributed by atoms with van der Waals surface area (Å²) >= 11 is 1.34. The molecule has 114 valence electrons. The number of thiazole rings is 1. The maximum Gasteiger partial charge on any atom is 0.408 e. The van der Waals surface area contributed by atoms with E-state index in [4.69, 9.17) is 0 Å². The first-order chi connectivity index (χ1) is 10.5. The third-order valence-electron chi connectivity index (χ3n) is 2.67. The zero-order valence-electron chi connectivity index (χ0n) is 11.1. The summed E-state index contributed by atoms with van der Waals surface area (Å²) in [5.74, 6) is 0.649. The van der Waals surface area contributed by atoms with E-state index in [-0.39, 0.29) is 0 Å². The van der Waals surface area contributed by atoms with Crippen LogP contribution in [0.5, 0.6) is 0 Å². The standard InChI is InChI=1S/C13H10F3N5S/c14-13(15,16)8-21-6-9(5-18-21)10-7-22-12(19-10)20-11-3-1-2-4-17-11/h1-7H,8H2,(H,17,19,20). The van der Waals surface area contributed by atoms with Crippen LogP contribution < -0.4 is 5.32 Å². The van der Waals surface area contributed by atoms with Gasteiger partial charge in [-0.2, -0.15) is 18.3 Å². The molecule has 22 heavy (non-hydrogen) atoms. The molecule has 0 aliphatic heterocycles. The lowest BCUT2D eigenvalue weighted by Gasteiger charge is -2.04. The molecule has 5 nitrogen and oxygen atoms in total. The van der Waals surface area contributed by atoms with E-state index in [9.17, 15) is 13.2 Å². The van der Waals surface area contributed by atoms with Gasteiger partial charge in [-0.25, -0.2) is 9.97 Å². The average Bonchev–Trinajstić information content (AvgIpc) is 3.07. The van der Waals surface area contributed by atoms with Crippen LogP contribution in [0.3, 0.4) is 0 Å². The van der Waals surface area contributed by atoms with Gasteiger partial charge in [0.25, 0.3) is 0 Å². The number of rotatable bonds is 4. The van der Waals surface area contributed by atoms with Crippen molar-refractivity contribution in [3.63, 3.8) is 0 Å². The number of pyridine rings is 1. The van der Waals surface area contributed by atoms with Crippen LogP contribution in [0, 0.1) is 0 Å². The topological polar surface area (TPSA) is 55.6 Å². The largest absolute Gasteiger partial charge is 0.408 e. The Morgan fingerprint density at radius 2 is 2.14 bits per heavy atom. The molecule has 0 aliphatic carbocycles. The van der Waals surface area contributed by atoms with Crippen molar-refractivity contribution in [1.29, 1.82) is 0 Å². The minimum Gasteiger partial charge on any atom is -0.316 e. The molecule has 0 spiro atoms. The van der Waals surface area contributed by atoms with Crippen molar-refractivity contribution in [3.05, 3.63) is 42.2 Å². The number of alkyl halides is 3. The Morgan fingerprint density at radius 3 is 2.86 bits per heavy atom. The highest BCUT2D eigenvalue weighted by Gasteiger charge is 2.28. The zero-order valence-corrected chi connectivity index (χ0v) is 11.9. The predicted molar refractivity (Wildman–Crippen MR) is 76.9 cm³/mol. The summed E-state index contributed by atoms with van der Waals surface area (Å²) in [5.41, 5.74) is 1.10. The van der Waals surface area contributed by atoms with Gasteiger partial charge in [-0.3, -0.25) is 4.68 Å². The molecule has 0 saturated carbocycles. The summed E-state index contributed by atoms with van der Waals surface area (Å²) in [7, 11) is 0. The van der Waals surface area contributed by atoms with Crippen LogP contribution in [-0.2, 0) is 6.54 Å². The van der Waals surface area contributed by atoms with Crippen LogP contribution in [0.15, 0.2) is 42.2 Å². The molecule has 3 aromatic heterocycles. The van der Waals surface area contributed by atoms with E-state index in [2.05, 4.69) is 20.4 Å². The fourth-order valence-electron chi connectivity index (χ4n) is 1.78. The van der Waals surface area contributed by atoms with E-state index < -0.39 is 12.7 Å². The van der Waals surface area contributed by atoms with Gasteiger partial charge in [-0.1, -0.05) is 6.07 Å². The Labute approximate surface area is 127 Å². The number of aromatic nitrogens is 4. The van der Waals surface area contributed by atoms with Crippen molar-refractivity contribution in [3.8, 4) is 11.3 Å². The van der Waals surface area contributed by atoms with Gasteiger partial charge in [0.15, 0.2) is 5.13 Å². The summed E-state index contributed by atoms with van der Waals surface area (Å²) in [6.45, 7) is -1.11. The van der Waals surface area contributed by atoms with Crippen LogP contribution in [0.25, 0.3) is 11.3 Å². The monoisotopic (exact) mass is 325 g/mol. The van der Waals surface area contributed by atoms with Crippen LogP contribution in [0.4, 0.5) is 24.1 Å². The molecule has 0 bridgehead atoms. The van der Waals surface area contributed by atoms with Crippen molar-refractivity contribution in [2.45, 2.75) is 12.7 Å². The van der Waals surface area contributed by atoms with E-state index in [1.54, 1.807) is 23.7 Å². The van der Waals surface area contributed by atoms with Gasteiger partial charge in [0.2, 0.25) is 0 Å². The second-order valence-corrected chi connectivity index (χ2v) is 5.28. The zero-order chi connectivity index (χ0) is 15.6. The quantitative estimate of drug-likeness (QED) is 0.794. The molecule has 0 fully saturated rings. The Bertz CT molecular complexity index is 750. The Hall–Kier alpha value is -2.42. The summed E-state index contributed by atoms with van der Waals surface area (Å²) in [5, 5.41) is 9.09. The Morgan fingerprint density at radius 1 is 1.27 bits per heavy atom. The lowest BCUT2D eigenvalue weighted by molar-refractivity contribution is -0.142. The second kappa shape index (κ2) is 5.76. The van der Waals surface area contributed by atoms with Crippen molar-refractivity contribution in [1.82, 2.24) is 19.7 Å². The van der Waals surface area contributed by atoms with Crippen LogP contribution >= 0.6 is 11.3 Å². The molecular formula is C13H10F3N5S. The van der Waals surface area contributed by atoms with E-state index in [1.807, 2.05) is 6.07 Å². The lowest BCUT2D eigenvalue weighted by atomic mass is 10.3. The summed E-state index contributed by atoms with van der Waals surface area (Å²) < 4.78 is 37.8. The molecule has 3 rings (SSSR count). The molecule has 1 N–H and O–H groups in total. The molecule has 0 aliphatic rings. The first-order valence-electron chi connectivity index (χ1n) is 6.23. The number of anilines is 2. The number of halogens is 3. The Kier molecular flexibility index (Phi) is 3.80. The number of hydrogen-bond acceptors (Lipinski definition) is 5. The van der Waals surface area contributed by atoms with Crippen molar-refractivity contribution in [2.24, 2.45) is 0 Å². The minimum atomic E-state index is -4.29. The van der Waals surface area contributed by atoms with Crippen molar-refractivity contribution < 1.29 is 13.2 Å². The van der Waals surface area contributed by atoms with Gasteiger partial charge < -0.3 is 5.32 Å². The summed E-state index contributed by atoms with van der Waals surface area (Å²) in [6, 6.07) is 5.43. The van der Waals surface area contributed by atoms with Crippen molar-refractivity contribution >= 4 is 22.3 Å². The molecule has 0 saturated heterocycles. The first kappa shape index (κ1) is 14.5. The highest BCUT2D eigenvalue weighted by molar-refractivity contribution is 7.14. The highest BCUT2D eigenvalue weighted by Crippen LogP contribution is 2.27. The maximum absolute atomic E-state index is 12.3. The molecule has 0 aromatic carbocycles. The highest BCUT2D eigenvalue weighted by atomic mass is 32.1. The second-order valence-electron chi connectivity index (χ2n) is 4.42. The maximum atomic E-state index is 12.3.